The molecule has 1 aromatic carbocycles. The van der Waals surface area contributed by atoms with E-state index in [9.17, 15) is 9.50 Å². The molecule has 0 aliphatic carbocycles. The number of aromatic nitrogens is 2. The Labute approximate surface area is 123 Å². The van der Waals surface area contributed by atoms with Crippen molar-refractivity contribution in [2.75, 3.05) is 0 Å². The van der Waals surface area contributed by atoms with Crippen LogP contribution in [0.2, 0.25) is 5.02 Å². The SMILES string of the molecule is CCCCc1nc(C)c(CO)n1-c1c(F)cccc1Cl. The van der Waals surface area contributed by atoms with Crippen LogP contribution in [0.3, 0.4) is 0 Å². The molecule has 0 bridgehead atoms. The van der Waals surface area contributed by atoms with Crippen LogP contribution in [0.4, 0.5) is 4.39 Å². The van der Waals surface area contributed by atoms with Crippen molar-refractivity contribution in [3.05, 3.63) is 46.3 Å². The van der Waals surface area contributed by atoms with Crippen molar-refractivity contribution in [2.24, 2.45) is 0 Å². The minimum absolute atomic E-state index is 0.199. The molecule has 1 aromatic heterocycles. The summed E-state index contributed by atoms with van der Waals surface area (Å²) in [4.78, 5) is 4.46. The zero-order valence-corrected chi connectivity index (χ0v) is 12.4. The van der Waals surface area contributed by atoms with Crippen molar-refractivity contribution in [3.8, 4) is 5.69 Å². The molecule has 20 heavy (non-hydrogen) atoms. The Balaban J connectivity index is 2.64. The number of aliphatic hydroxyl groups is 1. The molecule has 1 N–H and O–H groups in total. The Hall–Kier alpha value is -1.39. The predicted molar refractivity (Wildman–Crippen MR) is 77.8 cm³/mol. The number of para-hydroxylation sites is 1. The Morgan fingerprint density at radius 2 is 2.15 bits per heavy atom. The molecule has 0 saturated carbocycles. The number of hydrogen-bond acceptors (Lipinski definition) is 2. The fraction of sp³-hybridized carbons (Fsp3) is 0.400. The molecular formula is C15H18ClFN2O. The van der Waals surface area contributed by atoms with Crippen molar-refractivity contribution in [3.63, 3.8) is 0 Å². The molecule has 5 heteroatoms. The van der Waals surface area contributed by atoms with Crippen LogP contribution in [0, 0.1) is 12.7 Å². The molecule has 2 rings (SSSR count). The number of aryl methyl sites for hydroxylation is 2. The maximum atomic E-state index is 14.1. The standard InChI is InChI=1S/C15H18ClFN2O/c1-3-4-8-14-18-10(2)13(9-20)19(14)15-11(16)6-5-7-12(15)17/h5-7,20H,3-4,8-9H2,1-2H3. The number of unbranched alkanes of at least 4 members (excludes halogenated alkanes) is 1. The average molecular weight is 297 g/mol. The summed E-state index contributed by atoms with van der Waals surface area (Å²) < 4.78 is 15.8. The van der Waals surface area contributed by atoms with Crippen molar-refractivity contribution < 1.29 is 9.50 Å². The second-order valence-electron chi connectivity index (χ2n) is 4.73. The fourth-order valence-electron chi connectivity index (χ4n) is 2.28. The lowest BCUT2D eigenvalue weighted by molar-refractivity contribution is 0.273. The van der Waals surface area contributed by atoms with Gasteiger partial charge in [0.1, 0.15) is 17.3 Å². The molecule has 0 saturated heterocycles. The number of rotatable bonds is 5. The van der Waals surface area contributed by atoms with E-state index in [1.807, 2.05) is 6.92 Å². The maximum Gasteiger partial charge on any atom is 0.148 e. The highest BCUT2D eigenvalue weighted by Crippen LogP contribution is 2.28. The third-order valence-electron chi connectivity index (χ3n) is 3.31. The molecule has 0 aliphatic rings. The van der Waals surface area contributed by atoms with Crippen LogP contribution in [0.5, 0.6) is 0 Å². The Kier molecular flexibility index (Phi) is 4.78. The van der Waals surface area contributed by atoms with Gasteiger partial charge in [-0.25, -0.2) is 9.37 Å². The average Bonchev–Trinajstić information content (AvgIpc) is 2.72. The number of nitrogens with zero attached hydrogens (tertiary/aromatic N) is 2. The van der Waals surface area contributed by atoms with Gasteiger partial charge in [-0.15, -0.1) is 0 Å². The third kappa shape index (κ3) is 2.72. The molecule has 0 radical (unpaired) electrons. The maximum absolute atomic E-state index is 14.1. The lowest BCUT2D eigenvalue weighted by atomic mass is 10.2. The molecule has 0 unspecified atom stereocenters. The van der Waals surface area contributed by atoms with E-state index in [1.54, 1.807) is 16.7 Å². The van der Waals surface area contributed by atoms with Crippen LogP contribution in [0.1, 0.15) is 37.0 Å². The van der Waals surface area contributed by atoms with Gasteiger partial charge < -0.3 is 5.11 Å². The number of aliphatic hydroxyl groups excluding tert-OH is 1. The van der Waals surface area contributed by atoms with Gasteiger partial charge >= 0.3 is 0 Å². The van der Waals surface area contributed by atoms with Gasteiger partial charge in [-0.3, -0.25) is 4.57 Å². The quantitative estimate of drug-likeness (QED) is 0.911. The zero-order valence-electron chi connectivity index (χ0n) is 11.7. The molecule has 0 spiro atoms. The number of hydrogen-bond donors (Lipinski definition) is 1. The van der Waals surface area contributed by atoms with E-state index in [1.165, 1.54) is 6.07 Å². The summed E-state index contributed by atoms with van der Waals surface area (Å²) in [6.45, 7) is 3.70. The van der Waals surface area contributed by atoms with Gasteiger partial charge in [0.15, 0.2) is 0 Å². The van der Waals surface area contributed by atoms with Crippen LogP contribution in [0.25, 0.3) is 5.69 Å². The van der Waals surface area contributed by atoms with E-state index in [2.05, 4.69) is 11.9 Å². The molecule has 3 nitrogen and oxygen atoms in total. The van der Waals surface area contributed by atoms with Gasteiger partial charge in [-0.1, -0.05) is 31.0 Å². The zero-order chi connectivity index (χ0) is 14.7. The van der Waals surface area contributed by atoms with E-state index in [4.69, 9.17) is 11.6 Å². The van der Waals surface area contributed by atoms with Crippen LogP contribution in [0.15, 0.2) is 18.2 Å². The van der Waals surface area contributed by atoms with E-state index < -0.39 is 5.82 Å². The van der Waals surface area contributed by atoms with E-state index in [0.29, 0.717) is 16.4 Å². The van der Waals surface area contributed by atoms with E-state index in [0.717, 1.165) is 25.1 Å². The van der Waals surface area contributed by atoms with Crippen molar-refractivity contribution >= 4 is 11.6 Å². The van der Waals surface area contributed by atoms with Gasteiger partial charge in [-0.2, -0.15) is 0 Å². The van der Waals surface area contributed by atoms with Crippen molar-refractivity contribution in [1.29, 1.82) is 0 Å². The lowest BCUT2D eigenvalue weighted by Gasteiger charge is -2.13. The van der Waals surface area contributed by atoms with Gasteiger partial charge in [0, 0.05) is 6.42 Å². The van der Waals surface area contributed by atoms with Crippen LogP contribution >= 0.6 is 11.6 Å². The van der Waals surface area contributed by atoms with E-state index >= 15 is 0 Å². The highest BCUT2D eigenvalue weighted by molar-refractivity contribution is 6.32. The first-order valence-electron chi connectivity index (χ1n) is 6.72. The summed E-state index contributed by atoms with van der Waals surface area (Å²) in [5.74, 6) is 0.322. The minimum atomic E-state index is -0.414. The van der Waals surface area contributed by atoms with Gasteiger partial charge in [-0.05, 0) is 25.5 Å². The Bertz CT molecular complexity index is 590. The number of benzene rings is 1. The van der Waals surface area contributed by atoms with Gasteiger partial charge in [0.05, 0.1) is 23.0 Å². The highest BCUT2D eigenvalue weighted by Gasteiger charge is 2.19. The summed E-state index contributed by atoms with van der Waals surface area (Å²) in [6.07, 6.45) is 2.70. The van der Waals surface area contributed by atoms with Crippen LogP contribution < -0.4 is 0 Å². The number of halogens is 2. The smallest absolute Gasteiger partial charge is 0.148 e. The topological polar surface area (TPSA) is 38.1 Å². The largest absolute Gasteiger partial charge is 0.390 e. The highest BCUT2D eigenvalue weighted by atomic mass is 35.5. The second-order valence-corrected chi connectivity index (χ2v) is 5.13. The molecule has 0 atom stereocenters. The Morgan fingerprint density at radius 3 is 2.75 bits per heavy atom. The summed E-state index contributed by atoms with van der Waals surface area (Å²) in [5.41, 5.74) is 1.56. The molecule has 0 aliphatic heterocycles. The van der Waals surface area contributed by atoms with Crippen LogP contribution in [-0.4, -0.2) is 14.7 Å². The normalized spacial score (nSPS) is 11.1. The number of imidazole rings is 1. The van der Waals surface area contributed by atoms with Crippen molar-refractivity contribution in [2.45, 2.75) is 39.7 Å². The van der Waals surface area contributed by atoms with Crippen molar-refractivity contribution in [1.82, 2.24) is 9.55 Å². The molecular weight excluding hydrogens is 279 g/mol. The van der Waals surface area contributed by atoms with Crippen LogP contribution in [-0.2, 0) is 13.0 Å². The molecule has 0 amide bonds. The molecule has 1 heterocycles. The summed E-state index contributed by atoms with van der Waals surface area (Å²) >= 11 is 6.14. The summed E-state index contributed by atoms with van der Waals surface area (Å²) in [7, 11) is 0. The van der Waals surface area contributed by atoms with Gasteiger partial charge in [0.25, 0.3) is 0 Å². The molecule has 108 valence electrons. The first-order valence-corrected chi connectivity index (χ1v) is 7.10. The lowest BCUT2D eigenvalue weighted by Crippen LogP contribution is -2.08. The first-order chi connectivity index (χ1) is 9.60. The molecule has 0 fully saturated rings. The fourth-order valence-corrected chi connectivity index (χ4v) is 2.53. The first kappa shape index (κ1) is 15.0. The second kappa shape index (κ2) is 6.37. The summed E-state index contributed by atoms with van der Waals surface area (Å²) in [5, 5.41) is 9.87. The van der Waals surface area contributed by atoms with Gasteiger partial charge in [0.2, 0.25) is 0 Å². The monoisotopic (exact) mass is 296 g/mol. The predicted octanol–water partition coefficient (Wildman–Crippen LogP) is 3.81. The Morgan fingerprint density at radius 1 is 1.40 bits per heavy atom. The third-order valence-corrected chi connectivity index (χ3v) is 3.61. The van der Waals surface area contributed by atoms with E-state index in [-0.39, 0.29) is 12.3 Å². The molecule has 2 aromatic rings. The summed E-state index contributed by atoms with van der Waals surface area (Å²) in [6, 6.07) is 4.57. The minimum Gasteiger partial charge on any atom is -0.390 e.